The van der Waals surface area contributed by atoms with Gasteiger partial charge in [-0.15, -0.1) is 0 Å². The maximum absolute atomic E-state index is 12.9. The zero-order chi connectivity index (χ0) is 28.6. The maximum Gasteiger partial charge on any atom is 0.240 e. The molecule has 3 N–H and O–H groups in total. The Morgan fingerprint density at radius 2 is 1.77 bits per heavy atom. The van der Waals surface area contributed by atoms with Crippen LogP contribution in [0, 0.1) is 12.7 Å². The van der Waals surface area contributed by atoms with Gasteiger partial charge in [-0.3, -0.25) is 14.4 Å². The number of carbonyl (C=O) groups excluding carboxylic acids is 3. The van der Waals surface area contributed by atoms with Gasteiger partial charge in [0.05, 0.1) is 19.1 Å². The van der Waals surface area contributed by atoms with Crippen LogP contribution in [0.25, 0.3) is 0 Å². The average Bonchev–Trinajstić information content (AvgIpc) is 3.13. The second-order valence-corrected chi connectivity index (χ2v) is 9.83. The van der Waals surface area contributed by atoms with Gasteiger partial charge in [-0.25, -0.2) is 4.39 Å². The van der Waals surface area contributed by atoms with Gasteiger partial charge in [0, 0.05) is 20.1 Å². The van der Waals surface area contributed by atoms with Crippen molar-refractivity contribution in [3.63, 3.8) is 0 Å². The van der Waals surface area contributed by atoms with Gasteiger partial charge in [-0.1, -0.05) is 49.3 Å². The summed E-state index contributed by atoms with van der Waals surface area (Å²) in [6.45, 7) is 6.76. The van der Waals surface area contributed by atoms with Crippen LogP contribution in [0.2, 0.25) is 0 Å². The average molecular weight is 543 g/mol. The number of likely N-dealkylation sites (N-methyl/N-ethyl adjacent to an activating group) is 1. The lowest BCUT2D eigenvalue weighted by molar-refractivity contribution is -0.136. The Morgan fingerprint density at radius 1 is 1.05 bits per heavy atom. The van der Waals surface area contributed by atoms with Gasteiger partial charge >= 0.3 is 0 Å². The lowest BCUT2D eigenvalue weighted by Gasteiger charge is -2.26. The molecule has 2 atom stereocenters. The van der Waals surface area contributed by atoms with E-state index in [4.69, 9.17) is 4.74 Å². The van der Waals surface area contributed by atoms with Gasteiger partial charge < -0.3 is 25.6 Å². The first-order valence-corrected chi connectivity index (χ1v) is 13.7. The van der Waals surface area contributed by atoms with Crippen molar-refractivity contribution < 1.29 is 23.5 Å². The molecule has 0 bridgehead atoms. The molecule has 1 aromatic rings. The van der Waals surface area contributed by atoms with Crippen LogP contribution >= 0.6 is 0 Å². The first kappa shape index (κ1) is 31.8. The molecule has 2 aliphatic rings. The molecule has 0 saturated heterocycles. The van der Waals surface area contributed by atoms with Gasteiger partial charge in [0.15, 0.2) is 0 Å². The fourth-order valence-electron chi connectivity index (χ4n) is 4.04. The topological polar surface area (TPSA) is 99.8 Å². The van der Waals surface area contributed by atoms with Crippen molar-refractivity contribution in [2.45, 2.75) is 65.0 Å². The van der Waals surface area contributed by atoms with E-state index in [2.05, 4.69) is 34.2 Å². The summed E-state index contributed by atoms with van der Waals surface area (Å²) in [6, 6.07) is 6.00. The molecule has 1 heterocycles. The van der Waals surface area contributed by atoms with Crippen LogP contribution in [0.1, 0.15) is 51.5 Å². The van der Waals surface area contributed by atoms with E-state index in [0.29, 0.717) is 19.5 Å². The SMILES string of the molecule is CCCC1NC[C@@H](C)OC2=C(C=CCC=C2)CCCNC(=O)CNC(=O)CN(C)C1=O.Cc1ccc(F)cc1. The fraction of sp³-hybridized carbons (Fsp3) is 0.500. The summed E-state index contributed by atoms with van der Waals surface area (Å²) in [5.74, 6) is -0.0885. The molecule has 214 valence electrons. The van der Waals surface area contributed by atoms with Crippen LogP contribution < -0.4 is 16.0 Å². The molecule has 39 heavy (non-hydrogen) atoms. The molecular formula is C30H43FN4O4. The third kappa shape index (κ3) is 12.3. The number of rotatable bonds is 2. The van der Waals surface area contributed by atoms with E-state index in [9.17, 15) is 18.8 Å². The standard InChI is InChI=1S/C23H36N4O4.C7H7F/c1-4-9-19-23(30)27(3)16-22(29)26-15-21(28)24-13-8-11-18-10-6-5-7-12-20(18)31-17(2)14-25-19;1-6-2-4-7(8)5-3-6/h6-7,10,12,17,19,25H,4-5,8-9,11,13-16H2,1-3H3,(H,24,28)(H,26,29);2-5H,1H3/t17-,19?;/m1./s1. The molecular weight excluding hydrogens is 499 g/mol. The molecule has 0 spiro atoms. The van der Waals surface area contributed by atoms with E-state index in [1.165, 1.54) is 17.0 Å². The minimum absolute atomic E-state index is 0.0898. The summed E-state index contributed by atoms with van der Waals surface area (Å²) in [5, 5.41) is 8.71. The highest BCUT2D eigenvalue weighted by Crippen LogP contribution is 2.20. The van der Waals surface area contributed by atoms with Crippen LogP contribution in [0.3, 0.4) is 0 Å². The number of hydrogen-bond acceptors (Lipinski definition) is 5. The van der Waals surface area contributed by atoms with Gasteiger partial charge in [-0.05, 0) is 63.3 Å². The smallest absolute Gasteiger partial charge is 0.240 e. The van der Waals surface area contributed by atoms with Crippen molar-refractivity contribution in [3.05, 3.63) is 71.3 Å². The Labute approximate surface area is 231 Å². The van der Waals surface area contributed by atoms with Crippen molar-refractivity contribution in [1.82, 2.24) is 20.9 Å². The highest BCUT2D eigenvalue weighted by molar-refractivity contribution is 5.89. The summed E-state index contributed by atoms with van der Waals surface area (Å²) >= 11 is 0. The van der Waals surface area contributed by atoms with E-state index >= 15 is 0 Å². The summed E-state index contributed by atoms with van der Waals surface area (Å²) < 4.78 is 18.3. The molecule has 0 radical (unpaired) electrons. The number of amides is 3. The number of carbonyl (C=O) groups is 3. The minimum Gasteiger partial charge on any atom is -0.489 e. The van der Waals surface area contributed by atoms with E-state index in [0.717, 1.165) is 42.6 Å². The van der Waals surface area contributed by atoms with E-state index in [-0.39, 0.29) is 42.7 Å². The fourth-order valence-corrected chi connectivity index (χ4v) is 4.04. The predicted molar refractivity (Wildman–Crippen MR) is 151 cm³/mol. The van der Waals surface area contributed by atoms with Gasteiger partial charge in [-0.2, -0.15) is 0 Å². The van der Waals surface area contributed by atoms with Gasteiger partial charge in [0.2, 0.25) is 17.7 Å². The van der Waals surface area contributed by atoms with E-state index in [1.54, 1.807) is 19.2 Å². The largest absolute Gasteiger partial charge is 0.489 e. The van der Waals surface area contributed by atoms with Crippen LogP contribution in [-0.2, 0) is 19.1 Å². The molecule has 9 heteroatoms. The zero-order valence-electron chi connectivity index (χ0n) is 23.6. The van der Waals surface area contributed by atoms with Crippen molar-refractivity contribution in [2.75, 3.05) is 33.2 Å². The lowest BCUT2D eigenvalue weighted by Crippen LogP contribution is -2.50. The highest BCUT2D eigenvalue weighted by Gasteiger charge is 2.23. The first-order chi connectivity index (χ1) is 18.7. The summed E-state index contributed by atoms with van der Waals surface area (Å²) in [7, 11) is 1.60. The van der Waals surface area contributed by atoms with E-state index in [1.807, 2.05) is 26.8 Å². The number of aryl methyl sites for hydroxylation is 1. The Morgan fingerprint density at radius 3 is 2.46 bits per heavy atom. The molecule has 0 aromatic heterocycles. The Bertz CT molecular complexity index is 1010. The van der Waals surface area contributed by atoms with Crippen LogP contribution in [-0.4, -0.2) is 68.0 Å². The number of allylic oxidation sites excluding steroid dienone is 5. The second-order valence-electron chi connectivity index (χ2n) is 9.83. The number of nitrogens with one attached hydrogen (secondary N) is 3. The quantitative estimate of drug-likeness (QED) is 0.531. The number of halogens is 1. The van der Waals surface area contributed by atoms with Gasteiger partial charge in [0.1, 0.15) is 17.7 Å². The third-order valence-corrected chi connectivity index (χ3v) is 6.19. The van der Waals surface area contributed by atoms with Crippen LogP contribution in [0.4, 0.5) is 4.39 Å². The van der Waals surface area contributed by atoms with Crippen LogP contribution in [0.5, 0.6) is 0 Å². The summed E-state index contributed by atoms with van der Waals surface area (Å²) in [5.41, 5.74) is 2.18. The number of nitrogens with zero attached hydrogens (tertiary/aromatic N) is 1. The molecule has 8 nitrogen and oxygen atoms in total. The zero-order valence-corrected chi connectivity index (χ0v) is 23.6. The first-order valence-electron chi connectivity index (χ1n) is 13.7. The van der Waals surface area contributed by atoms with Crippen molar-refractivity contribution >= 4 is 17.7 Å². The van der Waals surface area contributed by atoms with Crippen molar-refractivity contribution in [1.29, 1.82) is 0 Å². The summed E-state index contributed by atoms with van der Waals surface area (Å²) in [4.78, 5) is 38.4. The molecule has 0 saturated carbocycles. The van der Waals surface area contributed by atoms with Gasteiger partial charge in [0.25, 0.3) is 0 Å². The molecule has 1 unspecified atom stereocenters. The monoisotopic (exact) mass is 542 g/mol. The van der Waals surface area contributed by atoms with Crippen molar-refractivity contribution in [2.24, 2.45) is 0 Å². The Hall–Kier alpha value is -3.46. The number of benzene rings is 1. The molecule has 1 aliphatic carbocycles. The maximum atomic E-state index is 12.9. The molecule has 3 amide bonds. The number of ether oxygens (including phenoxy) is 1. The molecule has 0 fully saturated rings. The third-order valence-electron chi connectivity index (χ3n) is 6.19. The lowest BCUT2D eigenvalue weighted by atomic mass is 10.1. The Kier molecular flexibility index (Phi) is 14.0. The van der Waals surface area contributed by atoms with E-state index < -0.39 is 6.04 Å². The molecule has 3 rings (SSSR count). The highest BCUT2D eigenvalue weighted by atomic mass is 19.1. The second kappa shape index (κ2) is 17.2. The Balaban J connectivity index is 0.000000568. The summed E-state index contributed by atoms with van der Waals surface area (Å²) in [6.07, 6.45) is 12.0. The normalized spacial score (nSPS) is 21.8. The molecule has 1 aromatic carbocycles. The van der Waals surface area contributed by atoms with Crippen LogP contribution in [0.15, 0.2) is 59.9 Å². The number of hydrogen-bond donors (Lipinski definition) is 3. The molecule has 1 aliphatic heterocycles. The minimum atomic E-state index is -0.394. The predicted octanol–water partition coefficient (Wildman–Crippen LogP) is 3.54. The van der Waals surface area contributed by atoms with Crippen molar-refractivity contribution in [3.8, 4) is 0 Å².